The van der Waals surface area contributed by atoms with E-state index in [9.17, 15) is 9.59 Å². The van der Waals surface area contributed by atoms with E-state index in [1.807, 2.05) is 30.3 Å². The van der Waals surface area contributed by atoms with Crippen LogP contribution in [0, 0.1) is 0 Å². The van der Waals surface area contributed by atoms with Crippen LogP contribution in [0.5, 0.6) is 0 Å². The van der Waals surface area contributed by atoms with Crippen LogP contribution >= 0.6 is 0 Å². The molecule has 0 unspecified atom stereocenters. The predicted octanol–water partition coefficient (Wildman–Crippen LogP) is 2.25. The molecule has 0 spiro atoms. The average molecular weight is 265 g/mol. The first-order chi connectivity index (χ1) is 9.11. The number of esters is 1. The normalized spacial score (nSPS) is 11.5. The SMILES string of the molecule is CCOC(=O)C[C@H](C)NC(=O)OCc1ccccc1. The van der Waals surface area contributed by atoms with E-state index in [-0.39, 0.29) is 25.0 Å². The maximum atomic E-state index is 11.5. The second kappa shape index (κ2) is 8.13. The molecule has 19 heavy (non-hydrogen) atoms. The van der Waals surface area contributed by atoms with Gasteiger partial charge >= 0.3 is 12.1 Å². The third-order valence-electron chi connectivity index (χ3n) is 2.36. The van der Waals surface area contributed by atoms with Gasteiger partial charge in [0.25, 0.3) is 0 Å². The minimum atomic E-state index is -0.541. The summed E-state index contributed by atoms with van der Waals surface area (Å²) in [6.45, 7) is 4.01. The van der Waals surface area contributed by atoms with Crippen LogP contribution in [0.15, 0.2) is 30.3 Å². The zero-order valence-electron chi connectivity index (χ0n) is 11.2. The molecule has 0 bridgehead atoms. The highest BCUT2D eigenvalue weighted by Crippen LogP contribution is 2.01. The molecule has 0 aliphatic carbocycles. The fourth-order valence-corrected chi connectivity index (χ4v) is 1.49. The van der Waals surface area contributed by atoms with E-state index in [2.05, 4.69) is 5.32 Å². The van der Waals surface area contributed by atoms with Gasteiger partial charge in [0.15, 0.2) is 0 Å². The van der Waals surface area contributed by atoms with E-state index in [1.54, 1.807) is 13.8 Å². The van der Waals surface area contributed by atoms with Crippen molar-refractivity contribution in [2.45, 2.75) is 32.9 Å². The Morgan fingerprint density at radius 2 is 1.89 bits per heavy atom. The minimum Gasteiger partial charge on any atom is -0.466 e. The number of hydrogen-bond donors (Lipinski definition) is 1. The minimum absolute atomic E-state index is 0.133. The van der Waals surface area contributed by atoms with Gasteiger partial charge in [0, 0.05) is 6.04 Å². The molecule has 5 nitrogen and oxygen atoms in total. The van der Waals surface area contributed by atoms with E-state index in [4.69, 9.17) is 9.47 Å². The van der Waals surface area contributed by atoms with Gasteiger partial charge < -0.3 is 14.8 Å². The zero-order valence-corrected chi connectivity index (χ0v) is 11.2. The van der Waals surface area contributed by atoms with Crippen LogP contribution < -0.4 is 5.32 Å². The van der Waals surface area contributed by atoms with Crippen molar-refractivity contribution >= 4 is 12.1 Å². The van der Waals surface area contributed by atoms with Crippen molar-refractivity contribution in [1.29, 1.82) is 0 Å². The summed E-state index contributed by atoms with van der Waals surface area (Å²) < 4.78 is 9.83. The van der Waals surface area contributed by atoms with Gasteiger partial charge in [-0.2, -0.15) is 0 Å². The van der Waals surface area contributed by atoms with Gasteiger partial charge in [0.05, 0.1) is 13.0 Å². The zero-order chi connectivity index (χ0) is 14.1. The van der Waals surface area contributed by atoms with Crippen LogP contribution in [-0.4, -0.2) is 24.7 Å². The third kappa shape index (κ3) is 6.45. The number of carbonyl (C=O) groups is 2. The van der Waals surface area contributed by atoms with Gasteiger partial charge in [-0.15, -0.1) is 0 Å². The monoisotopic (exact) mass is 265 g/mol. The number of ether oxygens (including phenoxy) is 2. The van der Waals surface area contributed by atoms with Crippen LogP contribution in [0.2, 0.25) is 0 Å². The summed E-state index contributed by atoms with van der Waals surface area (Å²) in [7, 11) is 0. The number of nitrogens with one attached hydrogen (secondary N) is 1. The lowest BCUT2D eigenvalue weighted by molar-refractivity contribution is -0.143. The molecular formula is C14H19NO4. The second-order valence-electron chi connectivity index (χ2n) is 4.12. The molecule has 0 aliphatic heterocycles. The summed E-state index contributed by atoms with van der Waals surface area (Å²) >= 11 is 0. The van der Waals surface area contributed by atoms with Gasteiger partial charge in [-0.3, -0.25) is 4.79 Å². The molecule has 1 aromatic rings. The highest BCUT2D eigenvalue weighted by atomic mass is 16.5. The molecule has 1 N–H and O–H groups in total. The molecule has 104 valence electrons. The average Bonchev–Trinajstić information content (AvgIpc) is 2.37. The number of hydrogen-bond acceptors (Lipinski definition) is 4. The van der Waals surface area contributed by atoms with Gasteiger partial charge in [-0.05, 0) is 19.4 Å². The molecular weight excluding hydrogens is 246 g/mol. The first-order valence-electron chi connectivity index (χ1n) is 6.24. The molecule has 1 aromatic carbocycles. The van der Waals surface area contributed by atoms with Crippen molar-refractivity contribution in [3.63, 3.8) is 0 Å². The summed E-state index contributed by atoms with van der Waals surface area (Å²) in [6, 6.07) is 9.07. The van der Waals surface area contributed by atoms with E-state index in [0.29, 0.717) is 6.61 Å². The van der Waals surface area contributed by atoms with E-state index in [1.165, 1.54) is 0 Å². The number of rotatable bonds is 6. The van der Waals surface area contributed by atoms with Crippen LogP contribution in [0.1, 0.15) is 25.8 Å². The lowest BCUT2D eigenvalue weighted by atomic mass is 10.2. The molecule has 1 atom stereocenters. The smallest absolute Gasteiger partial charge is 0.407 e. The van der Waals surface area contributed by atoms with Crippen LogP contribution in [-0.2, 0) is 20.9 Å². The van der Waals surface area contributed by atoms with Gasteiger partial charge in [0.2, 0.25) is 0 Å². The van der Waals surface area contributed by atoms with Crippen LogP contribution in [0.25, 0.3) is 0 Å². The molecule has 1 rings (SSSR count). The number of amides is 1. The Bertz CT molecular complexity index is 405. The fraction of sp³-hybridized carbons (Fsp3) is 0.429. The van der Waals surface area contributed by atoms with Gasteiger partial charge in [0.1, 0.15) is 6.61 Å². The highest BCUT2D eigenvalue weighted by molar-refractivity contribution is 5.72. The van der Waals surface area contributed by atoms with E-state index >= 15 is 0 Å². The first-order valence-corrected chi connectivity index (χ1v) is 6.24. The maximum Gasteiger partial charge on any atom is 0.407 e. The molecule has 0 fully saturated rings. The molecule has 1 amide bonds. The Morgan fingerprint density at radius 1 is 1.21 bits per heavy atom. The predicted molar refractivity (Wildman–Crippen MR) is 70.5 cm³/mol. The number of benzene rings is 1. The summed E-state index contributed by atoms with van der Waals surface area (Å²) in [4.78, 5) is 22.7. The lowest BCUT2D eigenvalue weighted by Crippen LogP contribution is -2.34. The number of alkyl carbamates (subject to hydrolysis) is 1. The van der Waals surface area contributed by atoms with Gasteiger partial charge in [-0.1, -0.05) is 30.3 Å². The molecule has 0 heterocycles. The van der Waals surface area contributed by atoms with Crippen molar-refractivity contribution in [2.24, 2.45) is 0 Å². The highest BCUT2D eigenvalue weighted by Gasteiger charge is 2.13. The quantitative estimate of drug-likeness (QED) is 0.801. The Kier molecular flexibility index (Phi) is 6.43. The Hall–Kier alpha value is -2.04. The largest absolute Gasteiger partial charge is 0.466 e. The first kappa shape index (κ1) is 15.0. The molecule has 0 radical (unpaired) electrons. The van der Waals surface area contributed by atoms with Gasteiger partial charge in [-0.25, -0.2) is 4.79 Å². The summed E-state index contributed by atoms with van der Waals surface area (Å²) in [5.41, 5.74) is 0.913. The number of carbonyl (C=O) groups excluding carboxylic acids is 2. The molecule has 0 saturated heterocycles. The Morgan fingerprint density at radius 3 is 2.53 bits per heavy atom. The van der Waals surface area contributed by atoms with E-state index < -0.39 is 6.09 Å². The molecule has 0 aliphatic rings. The summed E-state index contributed by atoms with van der Waals surface area (Å²) in [6.07, 6.45) is -0.408. The van der Waals surface area contributed by atoms with Crippen molar-refractivity contribution < 1.29 is 19.1 Å². The molecule has 0 saturated carbocycles. The van der Waals surface area contributed by atoms with Crippen molar-refractivity contribution in [3.8, 4) is 0 Å². The van der Waals surface area contributed by atoms with E-state index in [0.717, 1.165) is 5.56 Å². The topological polar surface area (TPSA) is 64.6 Å². The van der Waals surface area contributed by atoms with Crippen LogP contribution in [0.4, 0.5) is 4.79 Å². The van der Waals surface area contributed by atoms with Crippen LogP contribution in [0.3, 0.4) is 0 Å². The van der Waals surface area contributed by atoms with Crippen molar-refractivity contribution in [2.75, 3.05) is 6.61 Å². The molecule has 5 heteroatoms. The summed E-state index contributed by atoms with van der Waals surface area (Å²) in [5.74, 6) is -0.335. The molecule has 0 aromatic heterocycles. The Labute approximate surface area is 112 Å². The maximum absolute atomic E-state index is 11.5. The van der Waals surface area contributed by atoms with Crippen molar-refractivity contribution in [3.05, 3.63) is 35.9 Å². The summed E-state index contributed by atoms with van der Waals surface area (Å²) in [5, 5.41) is 2.58. The standard InChI is InChI=1S/C14H19NO4/c1-3-18-13(16)9-11(2)15-14(17)19-10-12-7-5-4-6-8-12/h4-8,11H,3,9-10H2,1-2H3,(H,15,17)/t11-/m0/s1. The Balaban J connectivity index is 2.25. The fourth-order valence-electron chi connectivity index (χ4n) is 1.49. The third-order valence-corrected chi connectivity index (χ3v) is 2.36. The lowest BCUT2D eigenvalue weighted by Gasteiger charge is -2.13. The van der Waals surface area contributed by atoms with Crippen molar-refractivity contribution in [1.82, 2.24) is 5.32 Å². The second-order valence-corrected chi connectivity index (χ2v) is 4.12.